The molecule has 32 nitrogen and oxygen atoms in total. The van der Waals surface area contributed by atoms with Crippen LogP contribution in [-0.4, -0.2) is 327 Å². The Kier molecular flexibility index (Phi) is 20.3. The van der Waals surface area contributed by atoms with Crippen molar-refractivity contribution in [1.29, 1.82) is 0 Å². The standard InChI is InChI=1S/C38H65NO31/c1-8(45)39-15-21(51)29(13(6-44)61-33(15)59)67-36-28(58)30(68-34-26(56)22(52)16(46)9(2-40)62-34)20(50)14(66-36)7-60-37-31(24(54)18(48)11(4-42)64-37)70-38-32(25(55)19(49)12(5-43)65-38)69-35-27(57)23(53)17(47)10(3-41)63-35/h9-38,40-44,46-59H,2-7H2,1H3,(H,39,45)/t9-,10-,11-,12-,13-,14-,15-,16-,17-,18-,19-,20-,21-,22+,23+,24+,25+,26+,27+,28+,29-,30+,31+,32+,33-,34-,35-,36+,37+,38-/m1/s1. The van der Waals surface area contributed by atoms with Crippen LogP contribution in [0.1, 0.15) is 6.92 Å². The van der Waals surface area contributed by atoms with Gasteiger partial charge in [0.1, 0.15) is 146 Å². The molecule has 0 aromatic carbocycles. The van der Waals surface area contributed by atoms with Gasteiger partial charge >= 0.3 is 0 Å². The van der Waals surface area contributed by atoms with Crippen LogP contribution in [0.15, 0.2) is 0 Å². The molecule has 0 radical (unpaired) electrons. The van der Waals surface area contributed by atoms with Crippen molar-refractivity contribution < 1.29 is 154 Å². The highest BCUT2D eigenvalue weighted by Crippen LogP contribution is 2.36. The average molecular weight is 1030 g/mol. The molecule has 408 valence electrons. The fourth-order valence-corrected chi connectivity index (χ4v) is 8.77. The maximum Gasteiger partial charge on any atom is 0.217 e. The minimum Gasteiger partial charge on any atom is -0.394 e. The highest BCUT2D eigenvalue weighted by Gasteiger charge is 2.57. The van der Waals surface area contributed by atoms with Crippen molar-refractivity contribution in [3.63, 3.8) is 0 Å². The molecule has 6 heterocycles. The number of hydrogen-bond acceptors (Lipinski definition) is 31. The van der Waals surface area contributed by atoms with Crippen molar-refractivity contribution in [2.45, 2.75) is 191 Å². The lowest BCUT2D eigenvalue weighted by molar-refractivity contribution is -0.398. The van der Waals surface area contributed by atoms with Gasteiger partial charge in [-0.1, -0.05) is 0 Å². The highest BCUT2D eigenvalue weighted by atomic mass is 16.8. The molecule has 0 spiro atoms. The zero-order valence-corrected chi connectivity index (χ0v) is 37.0. The van der Waals surface area contributed by atoms with Crippen LogP contribution < -0.4 is 5.32 Å². The van der Waals surface area contributed by atoms with Crippen LogP contribution in [0, 0.1) is 0 Å². The van der Waals surface area contributed by atoms with Crippen LogP contribution in [-0.2, 0) is 56.9 Å². The summed E-state index contributed by atoms with van der Waals surface area (Å²) in [6.07, 6.45) is -56.6. The van der Waals surface area contributed by atoms with Crippen LogP contribution in [0.2, 0.25) is 0 Å². The third-order valence-corrected chi connectivity index (χ3v) is 12.8. The van der Waals surface area contributed by atoms with Crippen LogP contribution in [0.5, 0.6) is 0 Å². The maximum absolute atomic E-state index is 11.9. The smallest absolute Gasteiger partial charge is 0.217 e. The Balaban J connectivity index is 1.29. The summed E-state index contributed by atoms with van der Waals surface area (Å²) in [4.78, 5) is 11.9. The van der Waals surface area contributed by atoms with Gasteiger partial charge in [0.2, 0.25) is 5.91 Å². The third-order valence-electron chi connectivity index (χ3n) is 12.8. The number of amides is 1. The van der Waals surface area contributed by atoms with Crippen molar-refractivity contribution in [3.8, 4) is 0 Å². The van der Waals surface area contributed by atoms with E-state index in [1.165, 1.54) is 0 Å². The summed E-state index contributed by atoms with van der Waals surface area (Å²) in [5.74, 6) is -0.752. The summed E-state index contributed by atoms with van der Waals surface area (Å²) < 4.78 is 62.4. The predicted octanol–water partition coefficient (Wildman–Crippen LogP) is -14.0. The normalized spacial score (nSPS) is 51.5. The fraction of sp³-hybridized carbons (Fsp3) is 0.974. The monoisotopic (exact) mass is 1030 g/mol. The van der Waals surface area contributed by atoms with Crippen LogP contribution in [0.25, 0.3) is 0 Å². The molecule has 6 aliphatic heterocycles. The Bertz CT molecular complexity index is 1630. The number of nitrogens with one attached hydrogen (secondary N) is 1. The molecule has 0 saturated carbocycles. The first-order valence-electron chi connectivity index (χ1n) is 22.1. The van der Waals surface area contributed by atoms with Crippen molar-refractivity contribution in [2.75, 3.05) is 39.6 Å². The largest absolute Gasteiger partial charge is 0.394 e. The highest BCUT2D eigenvalue weighted by molar-refractivity contribution is 5.73. The zero-order chi connectivity index (χ0) is 51.6. The van der Waals surface area contributed by atoms with Gasteiger partial charge in [-0.15, -0.1) is 0 Å². The second-order valence-electron chi connectivity index (χ2n) is 17.5. The first-order chi connectivity index (χ1) is 33.1. The van der Waals surface area contributed by atoms with E-state index in [9.17, 15) is 102 Å². The molecule has 0 aromatic rings. The summed E-state index contributed by atoms with van der Waals surface area (Å²) >= 11 is 0. The van der Waals surface area contributed by atoms with E-state index in [1.54, 1.807) is 0 Å². The summed E-state index contributed by atoms with van der Waals surface area (Å²) in [5.41, 5.74) is 0. The lowest BCUT2D eigenvalue weighted by atomic mass is 9.95. The molecule has 0 bridgehead atoms. The fourth-order valence-electron chi connectivity index (χ4n) is 8.77. The zero-order valence-electron chi connectivity index (χ0n) is 37.0. The topological polar surface area (TPSA) is 515 Å². The minimum absolute atomic E-state index is 0.752. The number of aliphatic hydroxyl groups excluding tert-OH is 19. The summed E-state index contributed by atoms with van der Waals surface area (Å²) in [6.45, 7) is -4.72. The van der Waals surface area contributed by atoms with Crippen molar-refractivity contribution >= 4 is 5.91 Å². The third kappa shape index (κ3) is 12.0. The molecular weight excluding hydrogens is 966 g/mol. The van der Waals surface area contributed by atoms with Gasteiger partial charge in [0.25, 0.3) is 0 Å². The van der Waals surface area contributed by atoms with Gasteiger partial charge in [-0.25, -0.2) is 0 Å². The van der Waals surface area contributed by atoms with Crippen LogP contribution in [0.4, 0.5) is 0 Å². The molecule has 6 rings (SSSR count). The summed E-state index contributed by atoms with van der Waals surface area (Å²) in [6, 6.07) is -1.61. The number of ether oxygens (including phenoxy) is 11. The molecule has 6 fully saturated rings. The second kappa shape index (κ2) is 24.7. The first kappa shape index (κ1) is 57.5. The Labute approximate surface area is 395 Å². The van der Waals surface area contributed by atoms with E-state index in [-0.39, 0.29) is 0 Å². The van der Waals surface area contributed by atoms with Crippen LogP contribution in [0.3, 0.4) is 0 Å². The van der Waals surface area contributed by atoms with E-state index < -0.39 is 230 Å². The number of carbonyl (C=O) groups excluding carboxylic acids is 1. The van der Waals surface area contributed by atoms with E-state index >= 15 is 0 Å². The number of rotatable bonds is 17. The lowest BCUT2D eigenvalue weighted by Crippen LogP contribution is -2.68. The van der Waals surface area contributed by atoms with E-state index in [0.29, 0.717) is 0 Å². The maximum atomic E-state index is 11.9. The van der Waals surface area contributed by atoms with Gasteiger partial charge in [0.05, 0.1) is 39.6 Å². The van der Waals surface area contributed by atoms with E-state index in [1.807, 2.05) is 0 Å². The van der Waals surface area contributed by atoms with Crippen LogP contribution >= 0.6 is 0 Å². The van der Waals surface area contributed by atoms with Gasteiger partial charge in [-0.2, -0.15) is 0 Å². The molecular formula is C38H65NO31. The molecule has 32 heteroatoms. The molecule has 0 aliphatic carbocycles. The van der Waals surface area contributed by atoms with Gasteiger partial charge < -0.3 is 154 Å². The molecule has 0 aromatic heterocycles. The molecule has 30 atom stereocenters. The van der Waals surface area contributed by atoms with Gasteiger partial charge in [0.15, 0.2) is 37.7 Å². The predicted molar refractivity (Wildman–Crippen MR) is 211 cm³/mol. The molecule has 0 unspecified atom stereocenters. The van der Waals surface area contributed by atoms with Gasteiger partial charge in [-0.05, 0) is 0 Å². The van der Waals surface area contributed by atoms with Crippen molar-refractivity contribution in [2.24, 2.45) is 0 Å². The minimum atomic E-state index is -2.22. The van der Waals surface area contributed by atoms with Crippen molar-refractivity contribution in [1.82, 2.24) is 5.32 Å². The SMILES string of the molecule is CC(=O)N[C@@H]1[C@@H](O)[C@H](O[C@@H]2O[C@H](CO[C@H]3O[C@H](CO)[C@@H](O)[C@H](O)[C@@H]3O[C@H]3O[C@H](CO)[C@@H](O)[C@H](O)[C@@H]3O[C@H]3O[C@H](CO)[C@@H](O)[C@H](O)[C@@H]3O)[C@@H](O)[C@H](O[C@H]3O[C@H](CO)[C@@H](O)[C@H](O)[C@@H]3O)[C@@H]2O)[C@@H](CO)O[C@H]1O. The lowest BCUT2D eigenvalue weighted by Gasteiger charge is -2.49. The van der Waals surface area contributed by atoms with E-state index in [0.717, 1.165) is 6.92 Å². The molecule has 1 amide bonds. The molecule has 70 heavy (non-hydrogen) atoms. The Hall–Kier alpha value is -1.73. The number of aliphatic hydroxyl groups is 19. The summed E-state index contributed by atoms with van der Waals surface area (Å²) in [5, 5.41) is 204. The molecule has 20 N–H and O–H groups in total. The van der Waals surface area contributed by atoms with E-state index in [4.69, 9.17) is 52.1 Å². The quantitative estimate of drug-likeness (QED) is 0.0643. The van der Waals surface area contributed by atoms with E-state index in [2.05, 4.69) is 5.32 Å². The molecule has 6 aliphatic rings. The number of hydrogen-bond donors (Lipinski definition) is 20. The van der Waals surface area contributed by atoms with Gasteiger partial charge in [0, 0.05) is 6.92 Å². The average Bonchev–Trinajstić information content (AvgIpc) is 3.33. The Morgan fingerprint density at radius 1 is 0.371 bits per heavy atom. The Morgan fingerprint density at radius 2 is 0.743 bits per heavy atom. The second-order valence-corrected chi connectivity index (χ2v) is 17.5. The first-order valence-corrected chi connectivity index (χ1v) is 22.1. The van der Waals surface area contributed by atoms with Crippen molar-refractivity contribution in [3.05, 3.63) is 0 Å². The Morgan fingerprint density at radius 3 is 1.21 bits per heavy atom. The summed E-state index contributed by atoms with van der Waals surface area (Å²) in [7, 11) is 0. The number of carbonyl (C=O) groups is 1. The van der Waals surface area contributed by atoms with Gasteiger partial charge in [-0.3, -0.25) is 4.79 Å². The molecule has 6 saturated heterocycles.